The van der Waals surface area contributed by atoms with Gasteiger partial charge in [0.05, 0.1) is 55.6 Å². The number of pyridine rings is 2. The van der Waals surface area contributed by atoms with Gasteiger partial charge in [0.15, 0.2) is 24.8 Å². The van der Waals surface area contributed by atoms with Crippen LogP contribution in [0.25, 0.3) is 21.9 Å². The first-order chi connectivity index (χ1) is 41.3. The standard InChI is InChI=1S/C54H50N6.C10H8.2C5H12.CH4O3S/c1-3-19-45(20-4-1)59-51-27-11-7-23-47(51)57(48-24-8-12-28-52(48)59)37-17-15-35-55-39-31-43(32-40-55)44-33-41-56(42-34-44)36-16-18-38-58-49-25-9-13-29-53(49)60(46-21-5-2-6-22-46)54-30-14-10-26-50(54)58;1-2-6-10-8-4-3-7-9(10)5-1;2*1-4-5(2)3;1-5(2,3)4/h1-14,19-34,39-42H,15-18,35-38H2;1-8H;2*5H,4H2,1-3H3;1H3,(H,2,3,4)/q+2;;;;/p-1. The van der Waals surface area contributed by atoms with Gasteiger partial charge in [-0.15, -0.1) is 0 Å². The number of benzene rings is 8. The third-order valence-electron chi connectivity index (χ3n) is 15.2. The number of anilines is 10. The molecule has 0 spiro atoms. The van der Waals surface area contributed by atoms with Gasteiger partial charge in [-0.2, -0.15) is 0 Å². The Bertz CT molecular complexity index is 3360. The topological polar surface area (TPSA) is 77.9 Å². The van der Waals surface area contributed by atoms with Gasteiger partial charge in [0.1, 0.15) is 13.1 Å². The van der Waals surface area contributed by atoms with E-state index in [1.165, 1.54) is 91.6 Å². The van der Waals surface area contributed by atoms with Crippen LogP contribution in [-0.2, 0) is 23.2 Å². The Labute approximate surface area is 507 Å². The zero-order valence-corrected chi connectivity index (χ0v) is 51.6. The van der Waals surface area contributed by atoms with E-state index in [1.54, 1.807) is 0 Å². The van der Waals surface area contributed by atoms with Gasteiger partial charge in [-0.25, -0.2) is 17.6 Å². The van der Waals surface area contributed by atoms with E-state index in [9.17, 15) is 0 Å². The molecular weight excluding hydrogens is 1060 g/mol. The maximum Gasteiger partial charge on any atom is 0.169 e. The first kappa shape index (κ1) is 62.5. The predicted octanol–water partition coefficient (Wildman–Crippen LogP) is 18.8. The van der Waals surface area contributed by atoms with Crippen LogP contribution in [0.5, 0.6) is 0 Å². The van der Waals surface area contributed by atoms with Gasteiger partial charge >= 0.3 is 0 Å². The van der Waals surface area contributed by atoms with Crippen LogP contribution in [-0.4, -0.2) is 32.3 Å². The molecule has 0 saturated carbocycles. The second-order valence-corrected chi connectivity index (χ2v) is 23.7. The zero-order chi connectivity index (χ0) is 60.0. The summed E-state index contributed by atoms with van der Waals surface area (Å²) in [5.41, 5.74) is 14.8. The minimum absolute atomic E-state index is 0.604. The van der Waals surface area contributed by atoms with Crippen molar-refractivity contribution in [2.24, 2.45) is 11.8 Å². The lowest BCUT2D eigenvalue weighted by atomic mass is 10.1. The van der Waals surface area contributed by atoms with Gasteiger partial charge in [0.25, 0.3) is 0 Å². The lowest BCUT2D eigenvalue weighted by Gasteiger charge is -2.40. The molecule has 0 aliphatic carbocycles. The number of hydrogen-bond acceptors (Lipinski definition) is 7. The van der Waals surface area contributed by atoms with Gasteiger partial charge in [0, 0.05) is 67.8 Å². The summed E-state index contributed by atoms with van der Waals surface area (Å²) in [6.45, 7) is 17.2. The molecule has 0 bridgehead atoms. The highest BCUT2D eigenvalue weighted by molar-refractivity contribution is 7.84. The van der Waals surface area contributed by atoms with Gasteiger partial charge < -0.3 is 24.2 Å². The van der Waals surface area contributed by atoms with Crippen LogP contribution in [0.2, 0.25) is 0 Å². The van der Waals surface area contributed by atoms with Crippen LogP contribution in [0, 0.1) is 11.8 Å². The molecule has 0 N–H and O–H groups in total. The fraction of sp³-hybridized carbons (Fsp3) is 0.253. The van der Waals surface area contributed by atoms with E-state index >= 15 is 0 Å². The van der Waals surface area contributed by atoms with Crippen molar-refractivity contribution in [2.75, 3.05) is 38.9 Å². The molecule has 8 aromatic carbocycles. The second-order valence-electron chi connectivity index (χ2n) is 22.3. The number of fused-ring (bicyclic) bond motifs is 5. The molecule has 0 fully saturated rings. The average molecular weight is 1150 g/mol. The highest BCUT2D eigenvalue weighted by Crippen LogP contribution is 2.52. The Morgan fingerprint density at radius 2 is 0.600 bits per heavy atom. The fourth-order valence-corrected chi connectivity index (χ4v) is 10.1. The van der Waals surface area contributed by atoms with Crippen molar-refractivity contribution < 1.29 is 22.1 Å². The largest absolute Gasteiger partial charge is 0.748 e. The quantitative estimate of drug-likeness (QED) is 0.0575. The van der Waals surface area contributed by atoms with E-state index in [0.29, 0.717) is 6.26 Å². The summed E-state index contributed by atoms with van der Waals surface area (Å²) in [6.07, 6.45) is 16.5. The van der Waals surface area contributed by atoms with Crippen LogP contribution >= 0.6 is 0 Å². The lowest BCUT2D eigenvalue weighted by Crippen LogP contribution is -2.34. The van der Waals surface area contributed by atoms with Crippen molar-refractivity contribution >= 4 is 77.8 Å². The highest BCUT2D eigenvalue weighted by Gasteiger charge is 2.30. The summed E-state index contributed by atoms with van der Waals surface area (Å²) in [7, 11) is -3.92. The van der Waals surface area contributed by atoms with Crippen LogP contribution in [0.4, 0.5) is 56.9 Å². The van der Waals surface area contributed by atoms with Crippen molar-refractivity contribution in [3.05, 3.63) is 255 Å². The molecule has 9 nitrogen and oxygen atoms in total. The smallest absolute Gasteiger partial charge is 0.169 e. The number of unbranched alkanes of at least 4 members (excludes halogenated alkanes) is 2. The van der Waals surface area contributed by atoms with Gasteiger partial charge in [0.2, 0.25) is 0 Å². The maximum absolute atomic E-state index is 9.08. The average Bonchev–Trinajstić information content (AvgIpc) is 1.48. The van der Waals surface area contributed by atoms with E-state index in [2.05, 4.69) is 326 Å². The number of hydrogen-bond donors (Lipinski definition) is 0. The monoisotopic (exact) mass is 1150 g/mol. The Hall–Kier alpha value is -8.57. The minimum Gasteiger partial charge on any atom is -0.748 e. The zero-order valence-electron chi connectivity index (χ0n) is 50.8. The van der Waals surface area contributed by atoms with Crippen molar-refractivity contribution in [1.29, 1.82) is 0 Å². The van der Waals surface area contributed by atoms with Gasteiger partial charge in [-0.1, -0.05) is 188 Å². The molecule has 4 heterocycles. The summed E-state index contributed by atoms with van der Waals surface area (Å²) < 4.78 is 31.9. The molecule has 0 saturated heterocycles. The molecule has 10 heteroatoms. The van der Waals surface area contributed by atoms with Crippen molar-refractivity contribution in [2.45, 2.75) is 93.2 Å². The molecule has 438 valence electrons. The Morgan fingerprint density at radius 1 is 0.365 bits per heavy atom. The normalized spacial score (nSPS) is 12.0. The van der Waals surface area contributed by atoms with E-state index in [0.717, 1.165) is 63.7 Å². The minimum atomic E-state index is -3.92. The number of nitrogens with zero attached hydrogens (tertiary/aromatic N) is 6. The summed E-state index contributed by atoms with van der Waals surface area (Å²) in [6, 6.07) is 82.3. The molecule has 0 atom stereocenters. The fourth-order valence-electron chi connectivity index (χ4n) is 10.1. The summed E-state index contributed by atoms with van der Waals surface area (Å²) in [4.78, 5) is 9.79. The van der Waals surface area contributed by atoms with Crippen LogP contribution < -0.4 is 28.7 Å². The SMILES string of the molecule is CCC(C)C.CCC(C)C.CS(=O)(=O)[O-].c1ccc(N2c3ccccc3N(CCCC[n+]3ccc(-c4cc[n+](CCCCN5c6ccccc6N(c6ccccc6)c6ccccc65)cc4)cc3)c3ccccc32)cc1.c1ccc2ccccc2c1. The Balaban J connectivity index is 0.000000312. The van der Waals surface area contributed by atoms with E-state index in [1.807, 2.05) is 0 Å². The number of aryl methyl sites for hydroxylation is 2. The summed E-state index contributed by atoms with van der Waals surface area (Å²) in [5, 5.41) is 2.62. The third kappa shape index (κ3) is 17.7. The number of aromatic nitrogens is 2. The molecule has 0 amide bonds. The van der Waals surface area contributed by atoms with Crippen molar-refractivity contribution in [3.63, 3.8) is 0 Å². The first-order valence-corrected chi connectivity index (χ1v) is 32.1. The maximum atomic E-state index is 9.08. The number of para-hydroxylation sites is 10. The molecule has 0 radical (unpaired) electrons. The lowest BCUT2D eigenvalue weighted by molar-refractivity contribution is -0.697. The molecule has 12 rings (SSSR count). The van der Waals surface area contributed by atoms with E-state index in [4.69, 9.17) is 13.0 Å². The van der Waals surface area contributed by atoms with Gasteiger partial charge in [-0.05, 0) is 119 Å². The number of rotatable bonds is 15. The van der Waals surface area contributed by atoms with Crippen molar-refractivity contribution in [1.82, 2.24) is 0 Å². The molecule has 2 aliphatic heterocycles. The Morgan fingerprint density at radius 3 is 0.859 bits per heavy atom. The summed E-state index contributed by atoms with van der Waals surface area (Å²) >= 11 is 0. The molecule has 2 aromatic heterocycles. The molecule has 10 aromatic rings. The first-order valence-electron chi connectivity index (χ1n) is 30.3. The highest BCUT2D eigenvalue weighted by atomic mass is 32.2. The molecule has 85 heavy (non-hydrogen) atoms. The summed E-state index contributed by atoms with van der Waals surface area (Å²) in [5.74, 6) is 1.77. The Kier molecular flexibility index (Phi) is 23.1. The third-order valence-corrected chi connectivity index (χ3v) is 15.2. The van der Waals surface area contributed by atoms with E-state index < -0.39 is 10.1 Å². The molecular formula is C75H85N6O3S+. The second kappa shape index (κ2) is 31.4. The van der Waals surface area contributed by atoms with Crippen LogP contribution in [0.15, 0.2) is 255 Å². The van der Waals surface area contributed by atoms with Crippen LogP contribution in [0.3, 0.4) is 0 Å². The van der Waals surface area contributed by atoms with E-state index in [-0.39, 0.29) is 0 Å². The van der Waals surface area contributed by atoms with Crippen molar-refractivity contribution in [3.8, 4) is 11.1 Å². The molecule has 0 unspecified atom stereocenters. The van der Waals surface area contributed by atoms with Crippen LogP contribution in [0.1, 0.15) is 80.1 Å². The predicted molar refractivity (Wildman–Crippen MR) is 357 cm³/mol. The van der Waals surface area contributed by atoms with Gasteiger partial charge in [-0.3, -0.25) is 0 Å². The molecule has 2 aliphatic rings.